The lowest BCUT2D eigenvalue weighted by Crippen LogP contribution is -2.41. The summed E-state index contributed by atoms with van der Waals surface area (Å²) in [5.41, 5.74) is 0. The molecular formula is C5H12N2O2. The monoisotopic (exact) mass is 132 g/mol. The molecule has 0 unspecified atom stereocenters. The van der Waals surface area contributed by atoms with Gasteiger partial charge >= 0.3 is 5.97 Å². The lowest BCUT2D eigenvalue weighted by atomic mass is 10.4. The van der Waals surface area contributed by atoms with E-state index in [0.717, 1.165) is 0 Å². The van der Waals surface area contributed by atoms with Crippen molar-refractivity contribution in [3.8, 4) is 0 Å². The lowest BCUT2D eigenvalue weighted by molar-refractivity contribution is -0.138. The van der Waals surface area contributed by atoms with E-state index in [1.807, 2.05) is 13.8 Å². The highest BCUT2D eigenvalue weighted by atomic mass is 16.4. The molecule has 0 aliphatic heterocycles. The van der Waals surface area contributed by atoms with E-state index in [4.69, 9.17) is 10.9 Å². The molecule has 4 nitrogen and oxygen atoms in total. The highest BCUT2D eigenvalue weighted by Gasteiger charge is 2.06. The van der Waals surface area contributed by atoms with E-state index in [0.29, 0.717) is 0 Å². The smallest absolute Gasteiger partial charge is 0.319 e. The summed E-state index contributed by atoms with van der Waals surface area (Å²) in [4.78, 5) is 9.99. The van der Waals surface area contributed by atoms with E-state index < -0.39 is 5.97 Å². The van der Waals surface area contributed by atoms with Gasteiger partial charge in [0.1, 0.15) is 6.54 Å². The number of carboxylic acids is 1. The van der Waals surface area contributed by atoms with Crippen molar-refractivity contribution in [3.63, 3.8) is 0 Å². The molecule has 0 fully saturated rings. The van der Waals surface area contributed by atoms with E-state index in [-0.39, 0.29) is 12.6 Å². The van der Waals surface area contributed by atoms with Crippen molar-refractivity contribution in [1.82, 2.24) is 5.01 Å². The van der Waals surface area contributed by atoms with E-state index in [9.17, 15) is 4.79 Å². The van der Waals surface area contributed by atoms with Gasteiger partial charge in [-0.1, -0.05) is 0 Å². The molecule has 0 amide bonds. The van der Waals surface area contributed by atoms with Crippen molar-refractivity contribution in [2.75, 3.05) is 6.54 Å². The summed E-state index contributed by atoms with van der Waals surface area (Å²) < 4.78 is 0. The Kier molecular flexibility index (Phi) is 3.19. The molecule has 0 rings (SSSR count). The van der Waals surface area contributed by atoms with Crippen LogP contribution in [0.4, 0.5) is 0 Å². The summed E-state index contributed by atoms with van der Waals surface area (Å²) in [7, 11) is 0. The number of carbonyl (C=O) groups is 1. The average Bonchev–Trinajstić information content (AvgIpc) is 1.63. The molecule has 0 bridgehead atoms. The van der Waals surface area contributed by atoms with Gasteiger partial charge in [-0.2, -0.15) is 0 Å². The Hall–Kier alpha value is -0.610. The first-order valence-electron chi connectivity index (χ1n) is 2.77. The van der Waals surface area contributed by atoms with Gasteiger partial charge in [0.2, 0.25) is 0 Å². The first kappa shape index (κ1) is 8.39. The van der Waals surface area contributed by atoms with Crippen LogP contribution in [0.2, 0.25) is 0 Å². The maximum atomic E-state index is 9.99. The largest absolute Gasteiger partial charge is 0.480 e. The van der Waals surface area contributed by atoms with Crippen LogP contribution in [0.5, 0.6) is 0 Å². The van der Waals surface area contributed by atoms with Crippen LogP contribution >= 0.6 is 0 Å². The summed E-state index contributed by atoms with van der Waals surface area (Å²) in [5, 5.41) is 9.48. The Morgan fingerprint density at radius 2 is 2.22 bits per heavy atom. The molecule has 0 aromatic heterocycles. The topological polar surface area (TPSA) is 66.6 Å². The summed E-state index contributed by atoms with van der Waals surface area (Å²) in [5.74, 6) is 4.37. The van der Waals surface area contributed by atoms with Gasteiger partial charge < -0.3 is 5.11 Å². The van der Waals surface area contributed by atoms with Crippen LogP contribution in [-0.2, 0) is 4.79 Å². The van der Waals surface area contributed by atoms with Crippen molar-refractivity contribution < 1.29 is 9.90 Å². The summed E-state index contributed by atoms with van der Waals surface area (Å²) >= 11 is 0. The van der Waals surface area contributed by atoms with Gasteiger partial charge in [0.25, 0.3) is 0 Å². The molecule has 0 heterocycles. The fourth-order valence-electron chi connectivity index (χ4n) is 0.339. The number of hydrazine groups is 1. The van der Waals surface area contributed by atoms with Crippen molar-refractivity contribution in [3.05, 3.63) is 0 Å². The van der Waals surface area contributed by atoms with Gasteiger partial charge in [-0.25, -0.2) is 5.01 Å². The Bertz CT molecular complexity index is 103. The number of hydrogen-bond acceptors (Lipinski definition) is 3. The second-order valence-electron chi connectivity index (χ2n) is 2.16. The molecule has 0 aromatic carbocycles. The van der Waals surface area contributed by atoms with Crippen LogP contribution in [-0.4, -0.2) is 28.7 Å². The van der Waals surface area contributed by atoms with Gasteiger partial charge in [0.05, 0.1) is 0 Å². The second-order valence-corrected chi connectivity index (χ2v) is 2.16. The SMILES string of the molecule is CC(C)N(N)CC(=O)O. The molecule has 54 valence electrons. The third-order valence-electron chi connectivity index (χ3n) is 0.981. The van der Waals surface area contributed by atoms with Gasteiger partial charge in [-0.15, -0.1) is 0 Å². The molecule has 0 aromatic rings. The fourth-order valence-corrected chi connectivity index (χ4v) is 0.339. The van der Waals surface area contributed by atoms with Crippen LogP contribution in [0.15, 0.2) is 0 Å². The second kappa shape index (κ2) is 3.42. The van der Waals surface area contributed by atoms with Crippen LogP contribution in [0.1, 0.15) is 13.8 Å². The minimum atomic E-state index is -0.897. The molecule has 0 atom stereocenters. The lowest BCUT2D eigenvalue weighted by Gasteiger charge is -2.17. The predicted molar refractivity (Wildman–Crippen MR) is 33.7 cm³/mol. The van der Waals surface area contributed by atoms with Crippen molar-refractivity contribution in [2.24, 2.45) is 5.84 Å². The number of carboxylic acid groups (broad SMARTS) is 1. The maximum Gasteiger partial charge on any atom is 0.319 e. The molecule has 0 saturated heterocycles. The summed E-state index contributed by atoms with van der Waals surface area (Å²) in [6.45, 7) is 3.57. The zero-order valence-corrected chi connectivity index (χ0v) is 5.66. The predicted octanol–water partition coefficient (Wildman–Crippen LogP) is -0.345. The third kappa shape index (κ3) is 3.93. The molecular weight excluding hydrogens is 120 g/mol. The molecule has 3 N–H and O–H groups in total. The van der Waals surface area contributed by atoms with Crippen LogP contribution in [0.25, 0.3) is 0 Å². The van der Waals surface area contributed by atoms with E-state index in [2.05, 4.69) is 0 Å². The van der Waals surface area contributed by atoms with Crippen LogP contribution in [0, 0.1) is 0 Å². The van der Waals surface area contributed by atoms with Gasteiger partial charge in [-0.05, 0) is 13.8 Å². The summed E-state index contributed by atoms with van der Waals surface area (Å²) in [6.07, 6.45) is 0. The highest BCUT2D eigenvalue weighted by Crippen LogP contribution is 1.87. The molecule has 0 saturated carbocycles. The zero-order valence-electron chi connectivity index (χ0n) is 5.66. The Balaban J connectivity index is 3.50. The quantitative estimate of drug-likeness (QED) is 0.407. The van der Waals surface area contributed by atoms with Crippen molar-refractivity contribution >= 4 is 5.97 Å². The minimum absolute atomic E-state index is 0.0844. The Morgan fingerprint density at radius 3 is 2.33 bits per heavy atom. The number of nitrogens with two attached hydrogens (primary N) is 1. The third-order valence-corrected chi connectivity index (χ3v) is 0.981. The van der Waals surface area contributed by atoms with E-state index in [1.54, 1.807) is 0 Å². The number of nitrogens with zero attached hydrogens (tertiary/aromatic N) is 1. The maximum absolute atomic E-state index is 9.99. The van der Waals surface area contributed by atoms with Crippen LogP contribution in [0.3, 0.4) is 0 Å². The van der Waals surface area contributed by atoms with Crippen LogP contribution < -0.4 is 5.84 Å². The molecule has 4 heteroatoms. The first-order chi connectivity index (χ1) is 4.04. The standard InChI is InChI=1S/C5H12N2O2/c1-4(2)7(6)3-5(8)9/h4H,3,6H2,1-2H3,(H,8,9). The molecule has 9 heavy (non-hydrogen) atoms. The highest BCUT2D eigenvalue weighted by molar-refractivity contribution is 5.68. The van der Waals surface area contributed by atoms with Gasteiger partial charge in [-0.3, -0.25) is 10.6 Å². The number of hydrogen-bond donors (Lipinski definition) is 2. The first-order valence-corrected chi connectivity index (χ1v) is 2.77. The Morgan fingerprint density at radius 1 is 1.78 bits per heavy atom. The molecule has 0 spiro atoms. The zero-order chi connectivity index (χ0) is 7.44. The molecule has 0 aliphatic rings. The number of aliphatic carboxylic acids is 1. The molecule has 0 aliphatic carbocycles. The van der Waals surface area contributed by atoms with E-state index in [1.165, 1.54) is 5.01 Å². The normalized spacial score (nSPS) is 10.8. The van der Waals surface area contributed by atoms with Crippen molar-refractivity contribution in [2.45, 2.75) is 19.9 Å². The summed E-state index contributed by atoms with van der Waals surface area (Å²) in [6, 6.07) is 0.0844. The van der Waals surface area contributed by atoms with Crippen molar-refractivity contribution in [1.29, 1.82) is 0 Å². The minimum Gasteiger partial charge on any atom is -0.480 e. The Labute approximate surface area is 54.2 Å². The van der Waals surface area contributed by atoms with Gasteiger partial charge in [0.15, 0.2) is 0 Å². The fraction of sp³-hybridized carbons (Fsp3) is 0.800. The molecule has 0 radical (unpaired) electrons. The van der Waals surface area contributed by atoms with Gasteiger partial charge in [0, 0.05) is 6.04 Å². The van der Waals surface area contributed by atoms with E-state index >= 15 is 0 Å². The average molecular weight is 132 g/mol. The number of rotatable bonds is 3.